The number of carbonyl (C=O) groups is 2. The average Bonchev–Trinajstić information content (AvgIpc) is 3.26. The monoisotopic (exact) mass is 410 g/mol. The molecule has 154 valence electrons. The first-order valence-corrected chi connectivity index (χ1v) is 9.66. The molecule has 0 aliphatic carbocycles. The highest BCUT2D eigenvalue weighted by molar-refractivity contribution is 5.95. The number of nitrogens with zero attached hydrogens (tertiary/aromatic N) is 3. The maximum Gasteiger partial charge on any atom is 0.270 e. The van der Waals surface area contributed by atoms with E-state index in [1.807, 2.05) is 6.07 Å². The highest BCUT2D eigenvalue weighted by Crippen LogP contribution is 2.23. The van der Waals surface area contributed by atoms with E-state index >= 15 is 0 Å². The van der Waals surface area contributed by atoms with Crippen LogP contribution in [0.4, 0.5) is 14.5 Å². The van der Waals surface area contributed by atoms with Gasteiger partial charge in [-0.25, -0.2) is 8.78 Å². The van der Waals surface area contributed by atoms with Crippen LogP contribution in [0.25, 0.3) is 5.69 Å². The molecule has 6 nitrogen and oxygen atoms in total. The number of aromatic nitrogens is 2. The van der Waals surface area contributed by atoms with Crippen molar-refractivity contribution >= 4 is 17.5 Å². The summed E-state index contributed by atoms with van der Waals surface area (Å²) in [5.74, 6) is -2.18. The van der Waals surface area contributed by atoms with E-state index in [0.29, 0.717) is 31.6 Å². The van der Waals surface area contributed by atoms with Crippen LogP contribution in [0.15, 0.2) is 61.1 Å². The van der Waals surface area contributed by atoms with Crippen LogP contribution >= 0.6 is 0 Å². The predicted molar refractivity (Wildman–Crippen MR) is 107 cm³/mol. The van der Waals surface area contributed by atoms with Gasteiger partial charge in [0.25, 0.3) is 5.91 Å². The van der Waals surface area contributed by atoms with Crippen molar-refractivity contribution in [2.45, 2.75) is 12.8 Å². The van der Waals surface area contributed by atoms with Crippen molar-refractivity contribution in [3.05, 3.63) is 78.4 Å². The van der Waals surface area contributed by atoms with Crippen LogP contribution in [0.2, 0.25) is 0 Å². The number of piperidine rings is 1. The lowest BCUT2D eigenvalue weighted by Gasteiger charge is -2.31. The van der Waals surface area contributed by atoms with Gasteiger partial charge in [-0.3, -0.25) is 14.6 Å². The smallest absolute Gasteiger partial charge is 0.270 e. The molecule has 1 aliphatic heterocycles. The van der Waals surface area contributed by atoms with E-state index in [1.54, 1.807) is 46.3 Å². The van der Waals surface area contributed by atoms with Crippen LogP contribution < -0.4 is 5.32 Å². The molecule has 1 aliphatic rings. The molecule has 0 saturated carbocycles. The average molecular weight is 410 g/mol. The number of nitrogens with one attached hydrogen (secondary N) is 1. The van der Waals surface area contributed by atoms with Crippen LogP contribution in [-0.4, -0.2) is 39.4 Å². The Bertz CT molecular complexity index is 1060. The summed E-state index contributed by atoms with van der Waals surface area (Å²) in [4.78, 5) is 31.2. The second-order valence-corrected chi connectivity index (χ2v) is 7.15. The van der Waals surface area contributed by atoms with Gasteiger partial charge in [0.15, 0.2) is 0 Å². The molecule has 30 heavy (non-hydrogen) atoms. The highest BCUT2D eigenvalue weighted by atomic mass is 19.1. The summed E-state index contributed by atoms with van der Waals surface area (Å²) in [6.07, 6.45) is 6.04. The molecule has 2 aromatic heterocycles. The number of anilines is 1. The van der Waals surface area contributed by atoms with Gasteiger partial charge in [-0.15, -0.1) is 0 Å². The second kappa shape index (κ2) is 8.44. The summed E-state index contributed by atoms with van der Waals surface area (Å²) in [5.41, 5.74) is 1.14. The molecule has 1 fully saturated rings. The molecule has 4 rings (SSSR count). The van der Waals surface area contributed by atoms with Crippen molar-refractivity contribution in [3.63, 3.8) is 0 Å². The minimum atomic E-state index is -0.687. The summed E-state index contributed by atoms with van der Waals surface area (Å²) in [6, 6.07) is 10.1. The molecule has 3 aromatic rings. The van der Waals surface area contributed by atoms with E-state index in [-0.39, 0.29) is 23.4 Å². The van der Waals surface area contributed by atoms with Gasteiger partial charge in [0.1, 0.15) is 17.3 Å². The van der Waals surface area contributed by atoms with E-state index in [4.69, 9.17) is 0 Å². The van der Waals surface area contributed by atoms with Crippen molar-refractivity contribution in [1.29, 1.82) is 0 Å². The Morgan fingerprint density at radius 1 is 1.07 bits per heavy atom. The molecule has 3 heterocycles. The first-order valence-electron chi connectivity index (χ1n) is 9.66. The molecule has 0 atom stereocenters. The predicted octanol–water partition coefficient (Wildman–Crippen LogP) is 3.64. The lowest BCUT2D eigenvalue weighted by atomic mass is 9.95. The Morgan fingerprint density at radius 2 is 1.87 bits per heavy atom. The Hall–Kier alpha value is -3.55. The van der Waals surface area contributed by atoms with Gasteiger partial charge in [0, 0.05) is 37.5 Å². The topological polar surface area (TPSA) is 67.2 Å². The maximum absolute atomic E-state index is 13.8. The van der Waals surface area contributed by atoms with E-state index < -0.39 is 11.6 Å². The second-order valence-electron chi connectivity index (χ2n) is 7.15. The normalized spacial score (nSPS) is 14.5. The van der Waals surface area contributed by atoms with E-state index in [2.05, 4.69) is 10.3 Å². The first-order chi connectivity index (χ1) is 14.5. The fourth-order valence-corrected chi connectivity index (χ4v) is 3.61. The third-order valence-electron chi connectivity index (χ3n) is 5.23. The summed E-state index contributed by atoms with van der Waals surface area (Å²) >= 11 is 0. The molecule has 1 aromatic carbocycles. The fourth-order valence-electron chi connectivity index (χ4n) is 3.61. The number of pyridine rings is 1. The van der Waals surface area contributed by atoms with Gasteiger partial charge in [-0.05, 0) is 49.2 Å². The van der Waals surface area contributed by atoms with Gasteiger partial charge < -0.3 is 14.8 Å². The van der Waals surface area contributed by atoms with Crippen molar-refractivity contribution in [3.8, 4) is 5.69 Å². The summed E-state index contributed by atoms with van der Waals surface area (Å²) in [5, 5.41) is 2.45. The minimum absolute atomic E-state index is 0.126. The van der Waals surface area contributed by atoms with Gasteiger partial charge in [0.2, 0.25) is 5.91 Å². The number of hydrogen-bond acceptors (Lipinski definition) is 3. The number of likely N-dealkylation sites (tertiary alicyclic amines) is 1. The lowest BCUT2D eigenvalue weighted by Crippen LogP contribution is -2.42. The van der Waals surface area contributed by atoms with Crippen LogP contribution in [-0.2, 0) is 4.79 Å². The molecular weight excluding hydrogens is 390 g/mol. The van der Waals surface area contributed by atoms with Gasteiger partial charge >= 0.3 is 0 Å². The Kier molecular flexibility index (Phi) is 5.56. The van der Waals surface area contributed by atoms with Crippen LogP contribution in [0, 0.1) is 17.6 Å². The molecule has 0 radical (unpaired) electrons. The molecule has 2 amide bonds. The van der Waals surface area contributed by atoms with Crippen LogP contribution in [0.3, 0.4) is 0 Å². The van der Waals surface area contributed by atoms with Gasteiger partial charge in [-0.2, -0.15) is 0 Å². The highest BCUT2D eigenvalue weighted by Gasteiger charge is 2.29. The summed E-state index contributed by atoms with van der Waals surface area (Å²) in [6.45, 7) is 0.807. The lowest BCUT2D eigenvalue weighted by molar-refractivity contribution is -0.121. The van der Waals surface area contributed by atoms with Crippen molar-refractivity contribution in [2.24, 2.45) is 5.92 Å². The standard InChI is InChI=1S/C22H20F2N4O2/c23-16-5-6-18(24)19(13-16)26-21(29)15-7-11-27(12-8-15)22(30)20-4-2-10-28(20)17-3-1-9-25-14-17/h1-6,9-10,13-15H,7-8,11-12H2,(H,26,29). The number of halogens is 2. The third-order valence-corrected chi connectivity index (χ3v) is 5.23. The molecular formula is C22H20F2N4O2. The van der Waals surface area contributed by atoms with Gasteiger partial charge in [0.05, 0.1) is 17.6 Å². The first kappa shape index (κ1) is 19.8. The Balaban J connectivity index is 1.39. The van der Waals surface area contributed by atoms with Crippen LogP contribution in [0.1, 0.15) is 23.3 Å². The molecule has 0 spiro atoms. The number of rotatable bonds is 4. The molecule has 0 bridgehead atoms. The number of amides is 2. The Labute approximate surface area is 172 Å². The number of carbonyl (C=O) groups excluding carboxylic acids is 2. The summed E-state index contributed by atoms with van der Waals surface area (Å²) in [7, 11) is 0. The maximum atomic E-state index is 13.8. The Morgan fingerprint density at radius 3 is 2.60 bits per heavy atom. The summed E-state index contributed by atoms with van der Waals surface area (Å²) < 4.78 is 28.8. The van der Waals surface area contributed by atoms with E-state index in [1.165, 1.54) is 0 Å². The van der Waals surface area contributed by atoms with E-state index in [0.717, 1.165) is 23.9 Å². The zero-order valence-corrected chi connectivity index (χ0v) is 16.1. The molecule has 1 saturated heterocycles. The zero-order valence-electron chi connectivity index (χ0n) is 16.1. The number of benzene rings is 1. The van der Waals surface area contributed by atoms with Crippen molar-refractivity contribution in [2.75, 3.05) is 18.4 Å². The molecule has 0 unspecified atom stereocenters. The quantitative estimate of drug-likeness (QED) is 0.714. The fraction of sp³-hybridized carbons (Fsp3) is 0.227. The van der Waals surface area contributed by atoms with Crippen molar-refractivity contribution in [1.82, 2.24) is 14.5 Å². The zero-order chi connectivity index (χ0) is 21.1. The largest absolute Gasteiger partial charge is 0.337 e. The molecule has 1 N–H and O–H groups in total. The minimum Gasteiger partial charge on any atom is -0.337 e. The number of hydrogen-bond donors (Lipinski definition) is 1. The van der Waals surface area contributed by atoms with Crippen molar-refractivity contribution < 1.29 is 18.4 Å². The van der Waals surface area contributed by atoms with Gasteiger partial charge in [-0.1, -0.05) is 0 Å². The van der Waals surface area contributed by atoms with Crippen LogP contribution in [0.5, 0.6) is 0 Å². The SMILES string of the molecule is O=C(Nc1cc(F)ccc1F)C1CCN(C(=O)c2cccn2-c2cccnc2)CC1. The molecule has 8 heteroatoms. The third kappa shape index (κ3) is 4.07. The van der Waals surface area contributed by atoms with E-state index in [9.17, 15) is 18.4 Å².